The van der Waals surface area contributed by atoms with Gasteiger partial charge in [-0.15, -0.1) is 18.3 Å². The summed E-state index contributed by atoms with van der Waals surface area (Å²) in [6.07, 6.45) is 3.12. The van der Waals surface area contributed by atoms with E-state index in [0.29, 0.717) is 0 Å². The highest BCUT2D eigenvalue weighted by Crippen LogP contribution is 2.29. The average Bonchev–Trinajstić information content (AvgIpc) is 2.47. The zero-order valence-corrected chi connectivity index (χ0v) is 12.2. The molecular formula is C16H17FN2S. The highest BCUT2D eigenvalue weighted by molar-refractivity contribution is 7.99. The fourth-order valence-corrected chi connectivity index (χ4v) is 2.57. The quantitative estimate of drug-likeness (QED) is 0.617. The van der Waals surface area contributed by atoms with E-state index >= 15 is 0 Å². The van der Waals surface area contributed by atoms with Crippen LogP contribution in [0.4, 0.5) is 10.1 Å². The zero-order valence-electron chi connectivity index (χ0n) is 11.3. The Kier molecular flexibility index (Phi) is 5.18. The van der Waals surface area contributed by atoms with Gasteiger partial charge in [-0.25, -0.2) is 4.39 Å². The van der Waals surface area contributed by atoms with E-state index in [-0.39, 0.29) is 11.9 Å². The van der Waals surface area contributed by atoms with E-state index in [1.165, 1.54) is 17.2 Å². The Hall–Kier alpha value is -1.81. The lowest BCUT2D eigenvalue weighted by Gasteiger charge is -2.17. The molecule has 1 N–H and O–H groups in total. The molecule has 0 fully saturated rings. The van der Waals surface area contributed by atoms with Crippen LogP contribution in [0.15, 0.2) is 60.1 Å². The molecule has 2 aromatic rings. The molecule has 20 heavy (non-hydrogen) atoms. The van der Waals surface area contributed by atoms with Gasteiger partial charge in [-0.05, 0) is 31.2 Å². The summed E-state index contributed by atoms with van der Waals surface area (Å²) in [6.45, 7) is 5.74. The molecule has 2 rings (SSSR count). The van der Waals surface area contributed by atoms with Gasteiger partial charge in [0.25, 0.3) is 0 Å². The van der Waals surface area contributed by atoms with E-state index in [1.54, 1.807) is 17.8 Å². The standard InChI is InChI=1S/C16H17FN2S/c1-3-10-20-16-7-5-4-6-15(16)19-12(2)14-9-8-13(17)11-18-14/h3-9,11-12,19H,1,10H2,2H3. The van der Waals surface area contributed by atoms with Crippen LogP contribution in [0, 0.1) is 5.82 Å². The first-order chi connectivity index (χ1) is 9.70. The summed E-state index contributed by atoms with van der Waals surface area (Å²) in [7, 11) is 0. The van der Waals surface area contributed by atoms with E-state index < -0.39 is 0 Å². The number of benzene rings is 1. The molecule has 1 heterocycles. The van der Waals surface area contributed by atoms with Gasteiger partial charge in [-0.1, -0.05) is 18.2 Å². The smallest absolute Gasteiger partial charge is 0.141 e. The number of hydrogen-bond acceptors (Lipinski definition) is 3. The normalized spacial score (nSPS) is 11.9. The van der Waals surface area contributed by atoms with Crippen LogP contribution >= 0.6 is 11.8 Å². The first kappa shape index (κ1) is 14.6. The summed E-state index contributed by atoms with van der Waals surface area (Å²) < 4.78 is 12.9. The number of nitrogens with zero attached hydrogens (tertiary/aromatic N) is 1. The molecule has 1 aromatic heterocycles. The van der Waals surface area contributed by atoms with Crippen LogP contribution in [0.2, 0.25) is 0 Å². The van der Waals surface area contributed by atoms with Crippen molar-refractivity contribution in [1.29, 1.82) is 0 Å². The van der Waals surface area contributed by atoms with E-state index in [9.17, 15) is 4.39 Å². The molecule has 104 valence electrons. The van der Waals surface area contributed by atoms with Crippen molar-refractivity contribution in [3.05, 3.63) is 66.8 Å². The van der Waals surface area contributed by atoms with Crippen molar-refractivity contribution in [3.8, 4) is 0 Å². The first-order valence-electron chi connectivity index (χ1n) is 6.41. The van der Waals surface area contributed by atoms with Crippen LogP contribution < -0.4 is 5.32 Å². The fourth-order valence-electron chi connectivity index (χ4n) is 1.81. The maximum Gasteiger partial charge on any atom is 0.141 e. The molecule has 0 amide bonds. The van der Waals surface area contributed by atoms with Crippen LogP contribution in [0.3, 0.4) is 0 Å². The largest absolute Gasteiger partial charge is 0.376 e. The van der Waals surface area contributed by atoms with Crippen LogP contribution in [0.5, 0.6) is 0 Å². The second kappa shape index (κ2) is 7.10. The third kappa shape index (κ3) is 3.84. The van der Waals surface area contributed by atoms with Crippen molar-refractivity contribution in [1.82, 2.24) is 4.98 Å². The number of halogens is 1. The molecule has 1 atom stereocenters. The van der Waals surface area contributed by atoms with E-state index in [0.717, 1.165) is 17.1 Å². The minimum atomic E-state index is -0.317. The van der Waals surface area contributed by atoms with Crippen LogP contribution in [-0.2, 0) is 0 Å². The van der Waals surface area contributed by atoms with E-state index in [2.05, 4.69) is 22.9 Å². The van der Waals surface area contributed by atoms with Crippen LogP contribution in [-0.4, -0.2) is 10.7 Å². The monoisotopic (exact) mass is 288 g/mol. The molecule has 0 aliphatic heterocycles. The molecular weight excluding hydrogens is 271 g/mol. The molecule has 0 spiro atoms. The predicted octanol–water partition coefficient (Wildman–Crippen LogP) is 4.67. The van der Waals surface area contributed by atoms with Gasteiger partial charge in [-0.3, -0.25) is 4.98 Å². The SMILES string of the molecule is C=CCSc1ccccc1NC(C)c1ccc(F)cn1. The lowest BCUT2D eigenvalue weighted by Crippen LogP contribution is -2.09. The highest BCUT2D eigenvalue weighted by atomic mass is 32.2. The third-order valence-electron chi connectivity index (χ3n) is 2.81. The fraction of sp³-hybridized carbons (Fsp3) is 0.188. The van der Waals surface area contributed by atoms with Gasteiger partial charge in [0.2, 0.25) is 0 Å². The summed E-state index contributed by atoms with van der Waals surface area (Å²) >= 11 is 1.73. The van der Waals surface area contributed by atoms with Gasteiger partial charge in [-0.2, -0.15) is 0 Å². The molecule has 1 aromatic carbocycles. The van der Waals surface area contributed by atoms with Crippen molar-refractivity contribution < 1.29 is 4.39 Å². The van der Waals surface area contributed by atoms with Gasteiger partial charge in [0.15, 0.2) is 0 Å². The number of thioether (sulfide) groups is 1. The predicted molar refractivity (Wildman–Crippen MR) is 83.6 cm³/mol. The van der Waals surface area contributed by atoms with E-state index in [4.69, 9.17) is 0 Å². The van der Waals surface area contributed by atoms with Gasteiger partial charge < -0.3 is 5.32 Å². The summed E-state index contributed by atoms with van der Waals surface area (Å²) in [4.78, 5) is 5.27. The third-order valence-corrected chi connectivity index (χ3v) is 3.88. The van der Waals surface area contributed by atoms with Gasteiger partial charge in [0, 0.05) is 16.3 Å². The molecule has 0 saturated heterocycles. The highest BCUT2D eigenvalue weighted by Gasteiger charge is 2.09. The van der Waals surface area contributed by atoms with Crippen molar-refractivity contribution in [2.75, 3.05) is 11.1 Å². The Morgan fingerprint density at radius 1 is 1.35 bits per heavy atom. The number of nitrogens with one attached hydrogen (secondary N) is 1. The lowest BCUT2D eigenvalue weighted by molar-refractivity contribution is 0.617. The van der Waals surface area contributed by atoms with E-state index in [1.807, 2.05) is 31.2 Å². The Morgan fingerprint density at radius 2 is 2.15 bits per heavy atom. The second-order valence-electron chi connectivity index (χ2n) is 4.36. The maximum atomic E-state index is 12.9. The minimum absolute atomic E-state index is 0.0149. The number of anilines is 1. The summed E-state index contributed by atoms with van der Waals surface area (Å²) in [5.74, 6) is 0.546. The molecule has 0 aliphatic carbocycles. The number of aromatic nitrogens is 1. The minimum Gasteiger partial charge on any atom is -0.376 e. The Labute approximate surface area is 123 Å². The molecule has 1 unspecified atom stereocenters. The molecule has 0 radical (unpaired) electrons. The molecule has 0 bridgehead atoms. The zero-order chi connectivity index (χ0) is 14.4. The Bertz CT molecular complexity index is 569. The van der Waals surface area contributed by atoms with Crippen LogP contribution in [0.25, 0.3) is 0 Å². The maximum absolute atomic E-state index is 12.9. The number of hydrogen-bond donors (Lipinski definition) is 1. The topological polar surface area (TPSA) is 24.9 Å². The van der Waals surface area contributed by atoms with Crippen molar-refractivity contribution in [2.24, 2.45) is 0 Å². The Morgan fingerprint density at radius 3 is 2.85 bits per heavy atom. The molecule has 0 aliphatic rings. The van der Waals surface area contributed by atoms with Crippen molar-refractivity contribution in [3.63, 3.8) is 0 Å². The van der Waals surface area contributed by atoms with Crippen molar-refractivity contribution >= 4 is 17.4 Å². The number of rotatable bonds is 6. The Balaban J connectivity index is 2.12. The average molecular weight is 288 g/mol. The first-order valence-corrected chi connectivity index (χ1v) is 7.40. The molecule has 2 nitrogen and oxygen atoms in total. The van der Waals surface area contributed by atoms with Gasteiger partial charge in [0.1, 0.15) is 5.82 Å². The molecule has 4 heteroatoms. The van der Waals surface area contributed by atoms with Gasteiger partial charge >= 0.3 is 0 Å². The molecule has 0 saturated carbocycles. The number of para-hydroxylation sites is 1. The summed E-state index contributed by atoms with van der Waals surface area (Å²) in [5, 5.41) is 3.42. The summed E-state index contributed by atoms with van der Waals surface area (Å²) in [5.41, 5.74) is 1.87. The van der Waals surface area contributed by atoms with Gasteiger partial charge in [0.05, 0.1) is 17.9 Å². The number of pyridine rings is 1. The lowest BCUT2D eigenvalue weighted by atomic mass is 10.2. The van der Waals surface area contributed by atoms with Crippen LogP contribution in [0.1, 0.15) is 18.7 Å². The van der Waals surface area contributed by atoms with Crippen molar-refractivity contribution in [2.45, 2.75) is 17.9 Å². The summed E-state index contributed by atoms with van der Waals surface area (Å²) in [6, 6.07) is 11.3. The second-order valence-corrected chi connectivity index (χ2v) is 5.42.